The lowest BCUT2D eigenvalue weighted by atomic mass is 10.1. The Hall–Kier alpha value is -0.620. The first-order valence-electron chi connectivity index (χ1n) is 6.85. The molecule has 2 N–H and O–H groups in total. The molecule has 6 heteroatoms. The van der Waals surface area contributed by atoms with Gasteiger partial charge >= 0.3 is 0 Å². The Morgan fingerprint density at radius 3 is 2.60 bits per heavy atom. The number of nitrogens with one attached hydrogen (secondary N) is 2. The molecule has 1 aromatic carbocycles. The monoisotopic (exact) mass is 316 g/mol. The first kappa shape index (κ1) is 15.8. The van der Waals surface area contributed by atoms with E-state index in [4.69, 9.17) is 11.6 Å². The van der Waals surface area contributed by atoms with E-state index in [1.165, 1.54) is 0 Å². The van der Waals surface area contributed by atoms with E-state index in [0.29, 0.717) is 13.1 Å². The highest BCUT2D eigenvalue weighted by atomic mass is 35.5. The molecule has 0 heterocycles. The van der Waals surface area contributed by atoms with Crippen LogP contribution in [0.15, 0.2) is 23.1 Å². The van der Waals surface area contributed by atoms with Gasteiger partial charge in [0.25, 0.3) is 0 Å². The molecular weight excluding hydrogens is 296 g/mol. The van der Waals surface area contributed by atoms with Gasteiger partial charge in [0.2, 0.25) is 10.0 Å². The van der Waals surface area contributed by atoms with Crippen LogP contribution < -0.4 is 10.0 Å². The van der Waals surface area contributed by atoms with Crippen molar-refractivity contribution in [1.29, 1.82) is 0 Å². The lowest BCUT2D eigenvalue weighted by molar-refractivity contribution is 0.475. The molecule has 0 atom stereocenters. The highest BCUT2D eigenvalue weighted by Crippen LogP contribution is 2.48. The van der Waals surface area contributed by atoms with E-state index in [-0.39, 0.29) is 15.3 Å². The van der Waals surface area contributed by atoms with Crippen molar-refractivity contribution in [3.8, 4) is 0 Å². The van der Waals surface area contributed by atoms with Gasteiger partial charge in [0.05, 0.1) is 5.02 Å². The fraction of sp³-hybridized carbons (Fsp3) is 0.571. The van der Waals surface area contributed by atoms with E-state index >= 15 is 0 Å². The summed E-state index contributed by atoms with van der Waals surface area (Å²) in [5.41, 5.74) is 1.07. The van der Waals surface area contributed by atoms with Crippen molar-refractivity contribution in [2.75, 3.05) is 13.6 Å². The highest BCUT2D eigenvalue weighted by Gasteiger charge is 2.41. The van der Waals surface area contributed by atoms with Gasteiger partial charge < -0.3 is 5.32 Å². The molecule has 0 saturated heterocycles. The van der Waals surface area contributed by atoms with Crippen LogP contribution in [-0.4, -0.2) is 22.0 Å². The van der Waals surface area contributed by atoms with E-state index in [9.17, 15) is 8.42 Å². The van der Waals surface area contributed by atoms with E-state index < -0.39 is 10.0 Å². The van der Waals surface area contributed by atoms with Gasteiger partial charge in [-0.25, -0.2) is 13.1 Å². The van der Waals surface area contributed by atoms with E-state index in [2.05, 4.69) is 17.0 Å². The Morgan fingerprint density at radius 2 is 2.05 bits per heavy atom. The van der Waals surface area contributed by atoms with Gasteiger partial charge in [-0.15, -0.1) is 0 Å². The highest BCUT2D eigenvalue weighted by molar-refractivity contribution is 7.89. The number of rotatable bonds is 7. The molecule has 0 amide bonds. The van der Waals surface area contributed by atoms with Crippen LogP contribution in [0.25, 0.3) is 0 Å². The second-order valence-corrected chi connectivity index (χ2v) is 7.62. The fourth-order valence-electron chi connectivity index (χ4n) is 2.23. The largest absolute Gasteiger partial charge is 0.316 e. The van der Waals surface area contributed by atoms with Crippen LogP contribution in [0, 0.1) is 5.41 Å². The molecule has 0 aliphatic heterocycles. The zero-order chi connectivity index (χ0) is 14.8. The maximum Gasteiger partial charge on any atom is 0.242 e. The molecular formula is C14H21ClN2O2S. The molecule has 1 aliphatic rings. The summed E-state index contributed by atoms with van der Waals surface area (Å²) >= 11 is 6.04. The Bertz CT molecular complexity index is 583. The first-order chi connectivity index (χ1) is 9.42. The van der Waals surface area contributed by atoms with Gasteiger partial charge in [0.1, 0.15) is 4.90 Å². The molecule has 112 valence electrons. The Balaban J connectivity index is 2.17. The topological polar surface area (TPSA) is 58.2 Å². The third-order valence-electron chi connectivity index (χ3n) is 4.01. The smallest absolute Gasteiger partial charge is 0.242 e. The quantitative estimate of drug-likeness (QED) is 0.812. The van der Waals surface area contributed by atoms with Crippen molar-refractivity contribution in [2.45, 2.75) is 37.6 Å². The molecule has 0 bridgehead atoms. The predicted molar refractivity (Wildman–Crippen MR) is 81.4 cm³/mol. The van der Waals surface area contributed by atoms with E-state index in [1.807, 2.05) is 13.1 Å². The van der Waals surface area contributed by atoms with Gasteiger partial charge in [-0.1, -0.05) is 24.6 Å². The minimum absolute atomic E-state index is 0.166. The van der Waals surface area contributed by atoms with Crippen LogP contribution in [0.4, 0.5) is 0 Å². The van der Waals surface area contributed by atoms with Crippen LogP contribution in [0.2, 0.25) is 5.02 Å². The zero-order valence-corrected chi connectivity index (χ0v) is 13.4. The number of sulfonamides is 1. The summed E-state index contributed by atoms with van der Waals surface area (Å²) in [6.45, 7) is 3.21. The van der Waals surface area contributed by atoms with Gasteiger partial charge in [0.15, 0.2) is 0 Å². The SMILES string of the molecule is CCC1(CNS(=O)(=O)c2cc(CNC)ccc2Cl)CC1. The third-order valence-corrected chi connectivity index (χ3v) is 5.89. The molecule has 1 aromatic rings. The van der Waals surface area contributed by atoms with Crippen LogP contribution >= 0.6 is 11.6 Å². The molecule has 0 spiro atoms. The van der Waals surface area contributed by atoms with Gasteiger partial charge in [0, 0.05) is 13.1 Å². The van der Waals surface area contributed by atoms with Gasteiger partial charge in [-0.05, 0) is 49.4 Å². The lowest BCUT2D eigenvalue weighted by Crippen LogP contribution is -2.30. The van der Waals surface area contributed by atoms with E-state index in [0.717, 1.165) is 24.8 Å². The fourth-order valence-corrected chi connectivity index (χ4v) is 3.93. The zero-order valence-electron chi connectivity index (χ0n) is 11.9. The summed E-state index contributed by atoms with van der Waals surface area (Å²) in [6.07, 6.45) is 3.20. The second kappa shape index (κ2) is 6.02. The van der Waals surface area contributed by atoms with Crippen molar-refractivity contribution < 1.29 is 8.42 Å². The summed E-state index contributed by atoms with van der Waals surface area (Å²) < 4.78 is 27.5. The first-order valence-corrected chi connectivity index (χ1v) is 8.71. The summed E-state index contributed by atoms with van der Waals surface area (Å²) in [5, 5.41) is 3.26. The lowest BCUT2D eigenvalue weighted by Gasteiger charge is -2.15. The van der Waals surface area contributed by atoms with E-state index in [1.54, 1.807) is 12.1 Å². The van der Waals surface area contributed by atoms with Crippen LogP contribution in [-0.2, 0) is 16.6 Å². The minimum atomic E-state index is -3.54. The van der Waals surface area contributed by atoms with Gasteiger partial charge in [-0.3, -0.25) is 0 Å². The van der Waals surface area contributed by atoms with Crippen molar-refractivity contribution >= 4 is 21.6 Å². The Labute approximate surface area is 126 Å². The van der Waals surface area contributed by atoms with Crippen molar-refractivity contribution in [3.63, 3.8) is 0 Å². The number of hydrogen-bond donors (Lipinski definition) is 2. The molecule has 0 unspecified atom stereocenters. The molecule has 4 nitrogen and oxygen atoms in total. The maximum absolute atomic E-state index is 12.4. The number of halogens is 1. The van der Waals surface area contributed by atoms with Gasteiger partial charge in [-0.2, -0.15) is 0 Å². The standard InChI is InChI=1S/C14H21ClN2O2S/c1-3-14(6-7-14)10-17-20(18,19)13-8-11(9-16-2)4-5-12(13)15/h4-5,8,16-17H,3,6-7,9-10H2,1-2H3. The maximum atomic E-state index is 12.4. The van der Waals surface area contributed by atoms with Crippen LogP contribution in [0.3, 0.4) is 0 Å². The average molecular weight is 317 g/mol. The third kappa shape index (κ3) is 3.52. The number of benzene rings is 1. The molecule has 0 aromatic heterocycles. The molecule has 1 saturated carbocycles. The molecule has 0 radical (unpaired) electrons. The predicted octanol–water partition coefficient (Wildman–Crippen LogP) is 2.53. The minimum Gasteiger partial charge on any atom is -0.316 e. The van der Waals surface area contributed by atoms with Crippen LogP contribution in [0.1, 0.15) is 31.7 Å². The normalized spacial score (nSPS) is 17.1. The van der Waals surface area contributed by atoms with Crippen LogP contribution in [0.5, 0.6) is 0 Å². The molecule has 2 rings (SSSR count). The average Bonchev–Trinajstić information content (AvgIpc) is 3.20. The van der Waals surface area contributed by atoms with Crippen molar-refractivity contribution in [1.82, 2.24) is 10.0 Å². The molecule has 1 fully saturated rings. The Morgan fingerprint density at radius 1 is 1.35 bits per heavy atom. The summed E-state index contributed by atoms with van der Waals surface area (Å²) in [6, 6.07) is 5.09. The van der Waals surface area contributed by atoms with Crippen molar-refractivity contribution in [2.24, 2.45) is 5.41 Å². The second-order valence-electron chi connectivity index (χ2n) is 5.47. The summed E-state index contributed by atoms with van der Waals surface area (Å²) in [5.74, 6) is 0. The summed E-state index contributed by atoms with van der Waals surface area (Å²) in [4.78, 5) is 0.166. The molecule has 20 heavy (non-hydrogen) atoms. The number of hydrogen-bond acceptors (Lipinski definition) is 3. The summed E-state index contributed by atoms with van der Waals surface area (Å²) in [7, 11) is -1.73. The molecule has 1 aliphatic carbocycles. The Kier molecular flexibility index (Phi) is 4.74. The van der Waals surface area contributed by atoms with Crippen molar-refractivity contribution in [3.05, 3.63) is 28.8 Å².